The molecule has 0 saturated carbocycles. The third-order valence-corrected chi connectivity index (χ3v) is 1.07. The molecule has 0 aromatic carbocycles. The Labute approximate surface area is 51.4 Å². The molecule has 5 heteroatoms. The van der Waals surface area contributed by atoms with Crippen molar-refractivity contribution in [1.82, 2.24) is 20.2 Å². The molecule has 1 aromatic rings. The maximum atomic E-state index is 5.41. The van der Waals surface area contributed by atoms with Gasteiger partial charge in [-0.05, 0) is 10.4 Å². The van der Waals surface area contributed by atoms with Gasteiger partial charge in [-0.2, -0.15) is 0 Å². The van der Waals surface area contributed by atoms with Crippen LogP contribution in [-0.4, -0.2) is 20.2 Å². The zero-order valence-electron chi connectivity index (χ0n) is 4.37. The number of nitrogens with zero attached hydrogens (tertiary/aromatic N) is 4. The van der Waals surface area contributed by atoms with Gasteiger partial charge in [0.25, 0.3) is 0 Å². The summed E-state index contributed by atoms with van der Waals surface area (Å²) < 4.78 is 1.53. The number of hydrogen-bond donors (Lipinski definition) is 0. The van der Waals surface area contributed by atoms with Crippen LogP contribution in [0.3, 0.4) is 0 Å². The predicted octanol–water partition coefficient (Wildman–Crippen LogP) is -0.0511. The summed E-state index contributed by atoms with van der Waals surface area (Å²) in [6.07, 6.45) is 0. The molecule has 1 rings (SSSR count). The first-order valence-corrected chi connectivity index (χ1v) is 2.65. The Bertz CT molecular complexity index is 172. The van der Waals surface area contributed by atoms with Gasteiger partial charge in [0.15, 0.2) is 5.82 Å². The number of halogens is 1. The lowest BCUT2D eigenvalue weighted by Crippen LogP contribution is -1.95. The second-order valence-corrected chi connectivity index (χ2v) is 1.62. The fraction of sp³-hybridized carbons (Fsp3) is 0.667. The first-order chi connectivity index (χ1) is 3.84. The van der Waals surface area contributed by atoms with Crippen LogP contribution < -0.4 is 0 Å². The van der Waals surface area contributed by atoms with E-state index in [1.54, 1.807) is 7.05 Å². The van der Waals surface area contributed by atoms with E-state index in [1.165, 1.54) is 4.68 Å². The zero-order valence-corrected chi connectivity index (χ0v) is 5.13. The summed E-state index contributed by atoms with van der Waals surface area (Å²) in [6.45, 7) is 0. The topological polar surface area (TPSA) is 43.6 Å². The minimum absolute atomic E-state index is 0.365. The molecular formula is C3H5ClN4. The van der Waals surface area contributed by atoms with Crippen LogP contribution in [-0.2, 0) is 12.9 Å². The van der Waals surface area contributed by atoms with E-state index in [0.29, 0.717) is 11.7 Å². The van der Waals surface area contributed by atoms with Crippen molar-refractivity contribution in [2.24, 2.45) is 7.05 Å². The Balaban J connectivity index is 2.92. The van der Waals surface area contributed by atoms with Gasteiger partial charge >= 0.3 is 0 Å². The van der Waals surface area contributed by atoms with Crippen LogP contribution in [0.1, 0.15) is 5.82 Å². The Morgan fingerprint density at radius 3 is 2.75 bits per heavy atom. The van der Waals surface area contributed by atoms with Crippen molar-refractivity contribution in [2.75, 3.05) is 0 Å². The van der Waals surface area contributed by atoms with Gasteiger partial charge in [0.2, 0.25) is 0 Å². The first kappa shape index (κ1) is 5.50. The summed E-state index contributed by atoms with van der Waals surface area (Å²) in [5.74, 6) is 1.05. The standard InChI is InChI=1S/C3H5ClN4/c1-8-3(2-4)5-6-7-8/h2H2,1H3. The second kappa shape index (κ2) is 2.09. The molecule has 44 valence electrons. The maximum Gasteiger partial charge on any atom is 0.165 e. The molecule has 0 aliphatic carbocycles. The zero-order chi connectivity index (χ0) is 5.98. The van der Waals surface area contributed by atoms with Crippen LogP contribution in [0.25, 0.3) is 0 Å². The van der Waals surface area contributed by atoms with Crippen molar-refractivity contribution in [3.05, 3.63) is 5.82 Å². The van der Waals surface area contributed by atoms with Gasteiger partial charge < -0.3 is 0 Å². The summed E-state index contributed by atoms with van der Waals surface area (Å²) in [4.78, 5) is 0. The van der Waals surface area contributed by atoms with E-state index in [4.69, 9.17) is 11.6 Å². The molecule has 0 amide bonds. The van der Waals surface area contributed by atoms with Crippen LogP contribution in [0.5, 0.6) is 0 Å². The highest BCUT2D eigenvalue weighted by atomic mass is 35.5. The van der Waals surface area contributed by atoms with Crippen LogP contribution in [0.4, 0.5) is 0 Å². The molecule has 0 aliphatic heterocycles. The monoisotopic (exact) mass is 132 g/mol. The van der Waals surface area contributed by atoms with Crippen molar-refractivity contribution in [1.29, 1.82) is 0 Å². The van der Waals surface area contributed by atoms with E-state index < -0.39 is 0 Å². The lowest BCUT2D eigenvalue weighted by molar-refractivity contribution is 0.692. The fourth-order valence-electron chi connectivity index (χ4n) is 0.361. The van der Waals surface area contributed by atoms with E-state index in [1.807, 2.05) is 0 Å². The third-order valence-electron chi connectivity index (χ3n) is 0.827. The van der Waals surface area contributed by atoms with Gasteiger partial charge in [0.05, 0.1) is 5.88 Å². The number of alkyl halides is 1. The number of aryl methyl sites for hydroxylation is 1. The Kier molecular flexibility index (Phi) is 1.43. The van der Waals surface area contributed by atoms with Gasteiger partial charge in [-0.25, -0.2) is 4.68 Å². The predicted molar refractivity (Wildman–Crippen MR) is 28.4 cm³/mol. The van der Waals surface area contributed by atoms with Crippen molar-refractivity contribution < 1.29 is 0 Å². The van der Waals surface area contributed by atoms with Crippen LogP contribution in [0.15, 0.2) is 0 Å². The van der Waals surface area contributed by atoms with E-state index >= 15 is 0 Å². The molecule has 0 bridgehead atoms. The molecule has 1 aromatic heterocycles. The Hall–Kier alpha value is -0.640. The molecule has 0 fully saturated rings. The molecule has 0 saturated heterocycles. The van der Waals surface area contributed by atoms with Gasteiger partial charge in [-0.1, -0.05) is 0 Å². The van der Waals surface area contributed by atoms with Gasteiger partial charge in [-0.3, -0.25) is 0 Å². The quantitative estimate of drug-likeness (QED) is 0.504. The van der Waals surface area contributed by atoms with Crippen molar-refractivity contribution in [3.63, 3.8) is 0 Å². The van der Waals surface area contributed by atoms with Crippen molar-refractivity contribution >= 4 is 11.6 Å². The fourth-order valence-corrected chi connectivity index (χ4v) is 0.588. The Morgan fingerprint density at radius 2 is 2.50 bits per heavy atom. The highest BCUT2D eigenvalue weighted by Crippen LogP contribution is 1.91. The summed E-state index contributed by atoms with van der Waals surface area (Å²) in [5.41, 5.74) is 0. The summed E-state index contributed by atoms with van der Waals surface area (Å²) in [7, 11) is 1.75. The minimum atomic E-state index is 0.365. The molecule has 1 heterocycles. The van der Waals surface area contributed by atoms with Crippen LogP contribution in [0.2, 0.25) is 0 Å². The van der Waals surface area contributed by atoms with E-state index in [9.17, 15) is 0 Å². The summed E-state index contributed by atoms with van der Waals surface area (Å²) >= 11 is 5.41. The van der Waals surface area contributed by atoms with Gasteiger partial charge in [-0.15, -0.1) is 16.7 Å². The average molecular weight is 133 g/mol. The molecular weight excluding hydrogens is 128 g/mol. The summed E-state index contributed by atoms with van der Waals surface area (Å²) in [6, 6.07) is 0. The molecule has 0 radical (unpaired) electrons. The normalized spacial score (nSPS) is 9.75. The third kappa shape index (κ3) is 0.790. The van der Waals surface area contributed by atoms with Gasteiger partial charge in [0.1, 0.15) is 0 Å². The lowest BCUT2D eigenvalue weighted by Gasteiger charge is -1.86. The SMILES string of the molecule is Cn1nnnc1CCl. The largest absolute Gasteiger partial charge is 0.232 e. The number of rotatable bonds is 1. The molecule has 0 spiro atoms. The van der Waals surface area contributed by atoms with Crippen molar-refractivity contribution in [3.8, 4) is 0 Å². The molecule has 4 nitrogen and oxygen atoms in total. The van der Waals surface area contributed by atoms with Crippen molar-refractivity contribution in [2.45, 2.75) is 5.88 Å². The number of tetrazole rings is 1. The number of hydrogen-bond acceptors (Lipinski definition) is 3. The summed E-state index contributed by atoms with van der Waals surface area (Å²) in [5, 5.41) is 10.5. The molecule has 8 heavy (non-hydrogen) atoms. The van der Waals surface area contributed by atoms with Gasteiger partial charge in [0, 0.05) is 7.05 Å². The maximum absolute atomic E-state index is 5.41. The van der Waals surface area contributed by atoms with E-state index in [-0.39, 0.29) is 0 Å². The van der Waals surface area contributed by atoms with Crippen LogP contribution in [0, 0.1) is 0 Å². The van der Waals surface area contributed by atoms with E-state index in [0.717, 1.165) is 0 Å². The smallest absolute Gasteiger partial charge is 0.165 e. The molecule has 0 N–H and O–H groups in total. The average Bonchev–Trinajstić information content (AvgIpc) is 2.14. The van der Waals surface area contributed by atoms with E-state index in [2.05, 4.69) is 15.5 Å². The second-order valence-electron chi connectivity index (χ2n) is 1.35. The minimum Gasteiger partial charge on any atom is -0.232 e. The highest BCUT2D eigenvalue weighted by Gasteiger charge is 1.95. The first-order valence-electron chi connectivity index (χ1n) is 2.12. The lowest BCUT2D eigenvalue weighted by atomic mass is 10.7. The molecule has 0 atom stereocenters. The molecule has 0 aliphatic rings. The highest BCUT2D eigenvalue weighted by molar-refractivity contribution is 6.16. The Morgan fingerprint density at radius 1 is 1.75 bits per heavy atom. The van der Waals surface area contributed by atoms with Crippen LogP contribution >= 0.6 is 11.6 Å². The molecule has 0 unspecified atom stereocenters. The number of aromatic nitrogens is 4.